The Morgan fingerprint density at radius 2 is 1.82 bits per heavy atom. The number of rotatable bonds is 9. The van der Waals surface area contributed by atoms with Crippen molar-refractivity contribution in [1.82, 2.24) is 29.4 Å². The Hall–Kier alpha value is -5.35. The fourth-order valence-electron chi connectivity index (χ4n) is 5.45. The van der Waals surface area contributed by atoms with Crippen molar-refractivity contribution >= 4 is 29.0 Å². The van der Waals surface area contributed by atoms with E-state index in [9.17, 15) is 9.59 Å². The number of fused-ring (bicyclic) bond motifs is 1. The van der Waals surface area contributed by atoms with Gasteiger partial charge in [0.15, 0.2) is 0 Å². The van der Waals surface area contributed by atoms with Crippen LogP contribution in [0.5, 0.6) is 0 Å². The first-order chi connectivity index (χ1) is 21.8. The van der Waals surface area contributed by atoms with E-state index in [0.717, 1.165) is 40.0 Å². The summed E-state index contributed by atoms with van der Waals surface area (Å²) in [5, 5.41) is 11.2. The van der Waals surface area contributed by atoms with Crippen molar-refractivity contribution < 1.29 is 9.59 Å². The molecule has 0 radical (unpaired) electrons. The minimum Gasteiger partial charge on any atom is -0.350 e. The predicted molar refractivity (Wildman–Crippen MR) is 177 cm³/mol. The lowest BCUT2D eigenvalue weighted by molar-refractivity contribution is -0.111. The lowest BCUT2D eigenvalue weighted by Gasteiger charge is -2.17. The molecule has 2 N–H and O–H groups in total. The number of amides is 2. The molecule has 10 nitrogen and oxygen atoms in total. The van der Waals surface area contributed by atoms with Gasteiger partial charge in [-0.1, -0.05) is 42.5 Å². The predicted octanol–water partition coefficient (Wildman–Crippen LogP) is 5.15. The van der Waals surface area contributed by atoms with Crippen molar-refractivity contribution in [3.8, 4) is 22.5 Å². The monoisotopic (exact) mass is 600 g/mol. The topological polar surface area (TPSA) is 108 Å². The van der Waals surface area contributed by atoms with E-state index in [1.807, 2.05) is 65.8 Å². The maximum absolute atomic E-state index is 13.3. The van der Waals surface area contributed by atoms with Gasteiger partial charge in [-0.25, -0.2) is 14.5 Å². The number of pyridine rings is 1. The van der Waals surface area contributed by atoms with Crippen LogP contribution in [-0.4, -0.2) is 81.0 Å². The molecule has 0 spiro atoms. The summed E-state index contributed by atoms with van der Waals surface area (Å²) in [5.74, 6) is 0.257. The second kappa shape index (κ2) is 13.1. The van der Waals surface area contributed by atoms with Crippen molar-refractivity contribution in [2.24, 2.45) is 0 Å². The fraction of sp³-hybridized carbons (Fsp3) is 0.229. The first kappa shape index (κ1) is 29.7. The number of anilines is 2. The Morgan fingerprint density at radius 1 is 1.02 bits per heavy atom. The highest BCUT2D eigenvalue weighted by Crippen LogP contribution is 2.34. The highest BCUT2D eigenvalue weighted by molar-refractivity contribution is 6.00. The zero-order valence-corrected chi connectivity index (χ0v) is 25.6. The maximum Gasteiger partial charge on any atom is 0.253 e. The van der Waals surface area contributed by atoms with E-state index in [1.54, 1.807) is 36.5 Å². The third kappa shape index (κ3) is 6.91. The van der Waals surface area contributed by atoms with Crippen LogP contribution in [0.2, 0.25) is 0 Å². The van der Waals surface area contributed by atoms with E-state index in [0.29, 0.717) is 36.8 Å². The minimum absolute atomic E-state index is 0.0110. The van der Waals surface area contributed by atoms with Gasteiger partial charge in [-0.3, -0.25) is 9.59 Å². The number of likely N-dealkylation sites (tertiary alicyclic amines) is 1. The molecule has 0 unspecified atom stereocenters. The lowest BCUT2D eigenvalue weighted by Crippen LogP contribution is -2.31. The molecule has 0 saturated carbocycles. The van der Waals surface area contributed by atoms with Crippen LogP contribution < -0.4 is 10.6 Å². The van der Waals surface area contributed by atoms with Crippen molar-refractivity contribution in [3.63, 3.8) is 0 Å². The summed E-state index contributed by atoms with van der Waals surface area (Å²) in [6.45, 7) is 3.89. The zero-order chi connectivity index (χ0) is 31.3. The molecule has 10 heteroatoms. The molecule has 1 atom stereocenters. The van der Waals surface area contributed by atoms with Crippen LogP contribution in [0, 0.1) is 6.92 Å². The quantitative estimate of drug-likeness (QED) is 0.225. The zero-order valence-electron chi connectivity index (χ0n) is 25.6. The Kier molecular flexibility index (Phi) is 8.65. The van der Waals surface area contributed by atoms with Crippen LogP contribution >= 0.6 is 0 Å². The molecule has 0 aliphatic carbocycles. The Bertz CT molecular complexity index is 1850. The fourth-order valence-corrected chi connectivity index (χ4v) is 5.45. The lowest BCUT2D eigenvalue weighted by atomic mass is 10.0. The number of nitrogens with zero attached hydrogens (tertiary/aromatic N) is 6. The number of aryl methyl sites for hydroxylation is 1. The third-order valence-electron chi connectivity index (χ3n) is 7.68. The summed E-state index contributed by atoms with van der Waals surface area (Å²) in [6, 6.07) is 23.2. The van der Waals surface area contributed by atoms with E-state index in [2.05, 4.69) is 39.9 Å². The van der Waals surface area contributed by atoms with Crippen molar-refractivity contribution in [2.75, 3.05) is 44.4 Å². The van der Waals surface area contributed by atoms with Gasteiger partial charge in [-0.2, -0.15) is 5.10 Å². The molecule has 1 saturated heterocycles. The highest BCUT2D eigenvalue weighted by Gasteiger charge is 2.28. The second-order valence-electron chi connectivity index (χ2n) is 11.5. The summed E-state index contributed by atoms with van der Waals surface area (Å²) in [4.78, 5) is 38.6. The molecule has 4 heterocycles. The van der Waals surface area contributed by atoms with Gasteiger partial charge in [-0.05, 0) is 69.4 Å². The van der Waals surface area contributed by atoms with Gasteiger partial charge in [-0.15, -0.1) is 0 Å². The van der Waals surface area contributed by atoms with Gasteiger partial charge in [0.25, 0.3) is 5.91 Å². The Balaban J connectivity index is 1.13. The number of hydrogen-bond donors (Lipinski definition) is 2. The number of nitrogens with one attached hydrogen (secondary N) is 2. The summed E-state index contributed by atoms with van der Waals surface area (Å²) in [6.07, 6.45) is 7.86. The van der Waals surface area contributed by atoms with Gasteiger partial charge in [0.1, 0.15) is 5.69 Å². The SMILES string of the molecule is Cc1ccc2c(-c3ccnc(N[C@H]4CCN(C(=O)c5ccc(NC(=O)/C=C/CN(C)C)cc5)C4)n3)c(-c3ccccc3)nn2c1. The van der Waals surface area contributed by atoms with Crippen molar-refractivity contribution in [2.45, 2.75) is 19.4 Å². The standard InChI is InChI=1S/C35H36N8O2/c1-24-11-16-30-32(33(40-43(30)22-24)25-8-5-4-6-9-25)29-17-19-36-35(39-29)38-28-18-21-42(23-28)34(45)26-12-14-27(15-13-26)37-31(44)10-7-20-41(2)3/h4-17,19,22,28H,18,20-21,23H2,1-3H3,(H,37,44)(H,36,38,39)/b10-7+/t28-/m0/s1. The highest BCUT2D eigenvalue weighted by atomic mass is 16.2. The van der Waals surface area contributed by atoms with Crippen LogP contribution in [0.1, 0.15) is 22.3 Å². The molecule has 3 aromatic heterocycles. The summed E-state index contributed by atoms with van der Waals surface area (Å²) < 4.78 is 1.91. The molecule has 5 aromatic rings. The van der Waals surface area contributed by atoms with Crippen LogP contribution in [0.15, 0.2) is 97.3 Å². The number of hydrogen-bond acceptors (Lipinski definition) is 7. The van der Waals surface area contributed by atoms with Gasteiger partial charge < -0.3 is 20.4 Å². The molecule has 2 amide bonds. The smallest absolute Gasteiger partial charge is 0.253 e. The maximum atomic E-state index is 13.3. The largest absolute Gasteiger partial charge is 0.350 e. The van der Waals surface area contributed by atoms with Gasteiger partial charge in [0.2, 0.25) is 11.9 Å². The molecule has 1 aliphatic heterocycles. The Morgan fingerprint density at radius 3 is 2.60 bits per heavy atom. The van der Waals surface area contributed by atoms with E-state index >= 15 is 0 Å². The molecular weight excluding hydrogens is 564 g/mol. The normalized spacial score (nSPS) is 14.8. The molecule has 1 aliphatic rings. The van der Waals surface area contributed by atoms with Crippen molar-refractivity contribution in [3.05, 3.63) is 108 Å². The first-order valence-corrected chi connectivity index (χ1v) is 15.0. The van der Waals surface area contributed by atoms with Crippen LogP contribution in [0.3, 0.4) is 0 Å². The summed E-state index contributed by atoms with van der Waals surface area (Å²) >= 11 is 0. The van der Waals surface area contributed by atoms with E-state index < -0.39 is 0 Å². The van der Waals surface area contributed by atoms with Crippen LogP contribution in [0.25, 0.3) is 28.0 Å². The summed E-state index contributed by atoms with van der Waals surface area (Å²) in [7, 11) is 3.88. The average molecular weight is 601 g/mol. The molecule has 45 heavy (non-hydrogen) atoms. The van der Waals surface area contributed by atoms with E-state index in [4.69, 9.17) is 10.1 Å². The molecule has 1 fully saturated rings. The van der Waals surface area contributed by atoms with Gasteiger partial charge in [0.05, 0.1) is 16.8 Å². The first-order valence-electron chi connectivity index (χ1n) is 15.0. The number of likely N-dealkylation sites (N-methyl/N-ethyl adjacent to an activating group) is 1. The van der Waals surface area contributed by atoms with Crippen LogP contribution in [-0.2, 0) is 4.79 Å². The van der Waals surface area contributed by atoms with E-state index in [-0.39, 0.29) is 17.9 Å². The molecule has 6 rings (SSSR count). The third-order valence-corrected chi connectivity index (χ3v) is 7.68. The van der Waals surface area contributed by atoms with Gasteiger partial charge >= 0.3 is 0 Å². The molecular formula is C35H36N8O2. The second-order valence-corrected chi connectivity index (χ2v) is 11.5. The molecule has 228 valence electrons. The minimum atomic E-state index is -0.205. The molecule has 0 bridgehead atoms. The number of aromatic nitrogens is 4. The number of carbonyl (C=O) groups is 2. The van der Waals surface area contributed by atoms with E-state index in [1.165, 1.54) is 6.08 Å². The number of benzene rings is 2. The van der Waals surface area contributed by atoms with Gasteiger partial charge in [0, 0.05) is 61.0 Å². The summed E-state index contributed by atoms with van der Waals surface area (Å²) in [5.41, 5.74) is 6.89. The van der Waals surface area contributed by atoms with Crippen molar-refractivity contribution in [1.29, 1.82) is 0 Å². The number of carbonyl (C=O) groups excluding carboxylic acids is 2. The Labute approximate surface area is 262 Å². The van der Waals surface area contributed by atoms with Crippen LogP contribution in [0.4, 0.5) is 11.6 Å². The average Bonchev–Trinajstić information content (AvgIpc) is 3.66. The molecule has 2 aromatic carbocycles.